The van der Waals surface area contributed by atoms with Crippen LogP contribution in [0.15, 0.2) is 57.9 Å². The molecule has 0 spiro atoms. The van der Waals surface area contributed by atoms with Crippen molar-refractivity contribution in [3.8, 4) is 5.75 Å². The van der Waals surface area contributed by atoms with E-state index in [0.717, 1.165) is 29.4 Å². The summed E-state index contributed by atoms with van der Waals surface area (Å²) in [6.07, 6.45) is 3.85. The van der Waals surface area contributed by atoms with Crippen molar-refractivity contribution in [2.75, 3.05) is 7.11 Å². The molecule has 0 amide bonds. The Kier molecular flexibility index (Phi) is 7.13. The normalized spacial score (nSPS) is 11.5. The summed E-state index contributed by atoms with van der Waals surface area (Å²) in [7, 11) is 1.40. The van der Waals surface area contributed by atoms with Crippen LogP contribution in [-0.2, 0) is 22.6 Å². The van der Waals surface area contributed by atoms with E-state index in [4.69, 9.17) is 13.9 Å². The lowest BCUT2D eigenvalue weighted by Crippen LogP contribution is -2.10. The van der Waals surface area contributed by atoms with E-state index >= 15 is 0 Å². The number of carboxylic acid groups (broad SMARTS) is 1. The molecule has 162 valence electrons. The van der Waals surface area contributed by atoms with Gasteiger partial charge < -0.3 is 19.0 Å². The molecule has 0 bridgehead atoms. The van der Waals surface area contributed by atoms with Gasteiger partial charge in [-0.3, -0.25) is 0 Å². The highest BCUT2D eigenvalue weighted by Gasteiger charge is 2.16. The second-order valence-corrected chi connectivity index (χ2v) is 7.27. The lowest BCUT2D eigenvalue weighted by atomic mass is 10.0. The van der Waals surface area contributed by atoms with Crippen molar-refractivity contribution >= 4 is 22.5 Å². The monoisotopic (exact) mass is 422 g/mol. The van der Waals surface area contributed by atoms with Gasteiger partial charge in [-0.1, -0.05) is 37.6 Å². The van der Waals surface area contributed by atoms with Crippen LogP contribution < -0.4 is 10.4 Å². The number of rotatable bonds is 9. The Hall–Kier alpha value is -3.54. The Morgan fingerprint density at radius 3 is 2.68 bits per heavy atom. The van der Waals surface area contributed by atoms with Gasteiger partial charge in [0.05, 0.1) is 13.4 Å². The quantitative estimate of drug-likeness (QED) is 0.293. The SMILES string of the molecule is CCCCc1c(C)c2ccc(OCc3ccccc3/C(=C\OC)C(=O)O)cc2oc1=O. The highest BCUT2D eigenvalue weighted by Crippen LogP contribution is 2.26. The van der Waals surface area contributed by atoms with Crippen LogP contribution in [0.3, 0.4) is 0 Å². The highest BCUT2D eigenvalue weighted by atomic mass is 16.5. The lowest BCUT2D eigenvalue weighted by molar-refractivity contribution is -0.130. The Labute approximate surface area is 180 Å². The van der Waals surface area contributed by atoms with Crippen LogP contribution >= 0.6 is 0 Å². The third-order valence-electron chi connectivity index (χ3n) is 5.21. The van der Waals surface area contributed by atoms with Gasteiger partial charge in [-0.25, -0.2) is 9.59 Å². The number of fused-ring (bicyclic) bond motifs is 1. The molecule has 0 fully saturated rings. The van der Waals surface area contributed by atoms with Crippen LogP contribution in [0.5, 0.6) is 5.75 Å². The molecule has 1 heterocycles. The first-order valence-corrected chi connectivity index (χ1v) is 10.2. The number of methoxy groups -OCH3 is 1. The molecule has 6 nitrogen and oxygen atoms in total. The van der Waals surface area contributed by atoms with Gasteiger partial charge in [0.15, 0.2) is 0 Å². The summed E-state index contributed by atoms with van der Waals surface area (Å²) in [6.45, 7) is 4.18. The minimum absolute atomic E-state index is 0.0430. The van der Waals surface area contributed by atoms with Crippen LogP contribution in [0.2, 0.25) is 0 Å². The largest absolute Gasteiger partial charge is 0.503 e. The molecule has 0 unspecified atom stereocenters. The van der Waals surface area contributed by atoms with Crippen molar-refractivity contribution in [2.24, 2.45) is 0 Å². The van der Waals surface area contributed by atoms with Gasteiger partial charge in [0, 0.05) is 17.0 Å². The lowest BCUT2D eigenvalue weighted by Gasteiger charge is -2.13. The van der Waals surface area contributed by atoms with Gasteiger partial charge in [0.25, 0.3) is 0 Å². The molecule has 3 rings (SSSR count). The molecule has 6 heteroatoms. The van der Waals surface area contributed by atoms with Crippen molar-refractivity contribution in [3.05, 3.63) is 81.4 Å². The number of unbranched alkanes of at least 4 members (excludes halogenated alkanes) is 1. The summed E-state index contributed by atoms with van der Waals surface area (Å²) >= 11 is 0. The Balaban J connectivity index is 1.88. The third kappa shape index (κ3) is 4.97. The number of ether oxygens (including phenoxy) is 2. The summed E-state index contributed by atoms with van der Waals surface area (Å²) in [6, 6.07) is 12.5. The molecular weight excluding hydrogens is 396 g/mol. The van der Waals surface area contributed by atoms with Crippen molar-refractivity contribution in [1.82, 2.24) is 0 Å². The molecule has 0 atom stereocenters. The summed E-state index contributed by atoms with van der Waals surface area (Å²) in [5.41, 5.74) is 3.08. The van der Waals surface area contributed by atoms with E-state index in [1.807, 2.05) is 25.1 Å². The maximum Gasteiger partial charge on any atom is 0.339 e. The molecule has 3 aromatic rings. The van der Waals surface area contributed by atoms with Gasteiger partial charge in [0.1, 0.15) is 23.5 Å². The second kappa shape index (κ2) is 9.98. The summed E-state index contributed by atoms with van der Waals surface area (Å²) in [5.74, 6) is -0.560. The first kappa shape index (κ1) is 22.2. The summed E-state index contributed by atoms with van der Waals surface area (Å²) < 4.78 is 16.4. The molecule has 31 heavy (non-hydrogen) atoms. The molecule has 0 saturated carbocycles. The number of hydrogen-bond donors (Lipinski definition) is 1. The fourth-order valence-electron chi connectivity index (χ4n) is 3.52. The molecule has 1 N–H and O–H groups in total. The predicted molar refractivity (Wildman–Crippen MR) is 119 cm³/mol. The van der Waals surface area contributed by atoms with Crippen LogP contribution in [0.4, 0.5) is 0 Å². The zero-order valence-electron chi connectivity index (χ0n) is 17.9. The standard InChI is InChI=1S/C25H26O6/c1-4-5-9-20-16(2)19-12-11-18(13-23(19)31-25(20)28)30-14-17-8-6-7-10-21(17)22(15-29-3)24(26)27/h6-8,10-13,15H,4-5,9,14H2,1-3H3,(H,26,27)/b22-15+. The number of hydrogen-bond acceptors (Lipinski definition) is 5. The van der Waals surface area contributed by atoms with Crippen molar-refractivity contribution in [3.63, 3.8) is 0 Å². The molecule has 0 aliphatic heterocycles. The summed E-state index contributed by atoms with van der Waals surface area (Å²) in [4.78, 5) is 24.0. The zero-order valence-corrected chi connectivity index (χ0v) is 17.9. The minimum atomic E-state index is -1.09. The van der Waals surface area contributed by atoms with Gasteiger partial charge in [-0.15, -0.1) is 0 Å². The van der Waals surface area contributed by atoms with E-state index in [1.54, 1.807) is 24.3 Å². The second-order valence-electron chi connectivity index (χ2n) is 7.27. The summed E-state index contributed by atoms with van der Waals surface area (Å²) in [5, 5.41) is 10.4. The molecule has 0 aliphatic carbocycles. The maximum atomic E-state index is 12.4. The third-order valence-corrected chi connectivity index (χ3v) is 5.21. The Morgan fingerprint density at radius 2 is 1.97 bits per heavy atom. The van der Waals surface area contributed by atoms with E-state index in [-0.39, 0.29) is 17.8 Å². The van der Waals surface area contributed by atoms with Crippen molar-refractivity contribution < 1.29 is 23.8 Å². The van der Waals surface area contributed by atoms with E-state index in [9.17, 15) is 14.7 Å². The fourth-order valence-corrected chi connectivity index (χ4v) is 3.52. The van der Waals surface area contributed by atoms with E-state index in [2.05, 4.69) is 6.92 Å². The predicted octanol–water partition coefficient (Wildman–Crippen LogP) is 5.09. The van der Waals surface area contributed by atoms with E-state index < -0.39 is 5.97 Å². The minimum Gasteiger partial charge on any atom is -0.503 e. The fraction of sp³-hybridized carbons (Fsp3) is 0.280. The van der Waals surface area contributed by atoms with E-state index in [0.29, 0.717) is 28.9 Å². The molecule has 0 radical (unpaired) electrons. The van der Waals surface area contributed by atoms with Crippen molar-refractivity contribution in [1.29, 1.82) is 0 Å². The van der Waals surface area contributed by atoms with Gasteiger partial charge >= 0.3 is 11.6 Å². The highest BCUT2D eigenvalue weighted by molar-refractivity contribution is 6.15. The number of aliphatic carboxylic acids is 1. The molecular formula is C25H26O6. The number of aryl methyl sites for hydroxylation is 1. The Bertz CT molecular complexity index is 1170. The average Bonchev–Trinajstić information content (AvgIpc) is 2.76. The van der Waals surface area contributed by atoms with Crippen LogP contribution in [0.1, 0.15) is 42.0 Å². The molecule has 2 aromatic carbocycles. The Morgan fingerprint density at radius 1 is 1.19 bits per heavy atom. The van der Waals surface area contributed by atoms with Gasteiger partial charge in [0.2, 0.25) is 0 Å². The molecule has 0 aliphatic rings. The molecule has 0 saturated heterocycles. The molecule has 1 aromatic heterocycles. The zero-order chi connectivity index (χ0) is 22.4. The van der Waals surface area contributed by atoms with Crippen LogP contribution in [-0.4, -0.2) is 18.2 Å². The number of carbonyl (C=O) groups is 1. The van der Waals surface area contributed by atoms with Crippen LogP contribution in [0.25, 0.3) is 16.5 Å². The smallest absolute Gasteiger partial charge is 0.339 e. The van der Waals surface area contributed by atoms with Crippen LogP contribution in [0, 0.1) is 6.92 Å². The van der Waals surface area contributed by atoms with E-state index in [1.165, 1.54) is 13.4 Å². The first-order chi connectivity index (χ1) is 15.0. The van der Waals surface area contributed by atoms with Gasteiger partial charge in [-0.05, 0) is 48.6 Å². The van der Waals surface area contributed by atoms with Gasteiger partial charge in [-0.2, -0.15) is 0 Å². The average molecular weight is 422 g/mol. The number of benzene rings is 2. The topological polar surface area (TPSA) is 86.0 Å². The van der Waals surface area contributed by atoms with Crippen molar-refractivity contribution in [2.45, 2.75) is 39.7 Å². The first-order valence-electron chi connectivity index (χ1n) is 10.2. The number of carboxylic acids is 1. The maximum absolute atomic E-state index is 12.4.